The van der Waals surface area contributed by atoms with Crippen molar-refractivity contribution in [2.24, 2.45) is 0 Å². The summed E-state index contributed by atoms with van der Waals surface area (Å²) in [6, 6.07) is 15.5. The van der Waals surface area contributed by atoms with Gasteiger partial charge in [-0.05, 0) is 35.6 Å². The Morgan fingerprint density at radius 3 is 1.89 bits per heavy atom. The molecule has 0 fully saturated rings. The van der Waals surface area contributed by atoms with Crippen LogP contribution < -0.4 is 10.2 Å². The van der Waals surface area contributed by atoms with Crippen molar-refractivity contribution in [1.29, 1.82) is 0 Å². The minimum Gasteiger partial charge on any atom is -0.556 e. The number of aryl methyl sites for hydroxylation is 1. The average molecular weight is 245 g/mol. The van der Waals surface area contributed by atoms with Crippen LogP contribution in [0.25, 0.3) is 11.1 Å². The van der Waals surface area contributed by atoms with Crippen LogP contribution in [0.2, 0.25) is 0 Å². The van der Waals surface area contributed by atoms with E-state index in [0.717, 1.165) is 11.1 Å². The van der Waals surface area contributed by atoms with Gasteiger partial charge in [-0.2, -0.15) is 4.84 Å². The minimum absolute atomic E-state index is 0.470. The zero-order chi connectivity index (χ0) is 13.0. The molecule has 0 aromatic heterocycles. The lowest BCUT2D eigenvalue weighted by molar-refractivity contribution is -1.18. The Kier molecular flexibility index (Phi) is 3.94. The second-order valence-electron chi connectivity index (χ2n) is 3.95. The molecule has 0 radical (unpaired) electrons. The fourth-order valence-corrected chi connectivity index (χ4v) is 1.60. The summed E-state index contributed by atoms with van der Waals surface area (Å²) in [6.07, 6.45) is 0. The first-order valence-corrected chi connectivity index (χ1v) is 5.62. The third-order valence-electron chi connectivity index (χ3n) is 2.61. The second kappa shape index (κ2) is 5.64. The van der Waals surface area contributed by atoms with E-state index in [-0.39, 0.29) is 0 Å². The molecule has 1 unspecified atom stereocenters. The molecule has 4 nitrogen and oxygen atoms in total. The van der Waals surface area contributed by atoms with Crippen molar-refractivity contribution in [3.05, 3.63) is 59.3 Å². The monoisotopic (exact) mass is 245 g/mol. The molecule has 0 bridgehead atoms. The number of hydrogen-bond donors (Lipinski definition) is 1. The van der Waals surface area contributed by atoms with E-state index in [1.54, 1.807) is 12.1 Å². The molecule has 0 heterocycles. The van der Waals surface area contributed by atoms with Crippen molar-refractivity contribution in [3.8, 4) is 16.9 Å². The molecule has 0 aliphatic rings. The van der Waals surface area contributed by atoms with Gasteiger partial charge in [0.2, 0.25) is 0 Å². The molecule has 2 aromatic carbocycles. The molecular weight excluding hydrogens is 230 g/mol. The van der Waals surface area contributed by atoms with Crippen LogP contribution in [0.15, 0.2) is 48.5 Å². The van der Waals surface area contributed by atoms with Crippen molar-refractivity contribution in [2.75, 3.05) is 7.11 Å². The zero-order valence-electron chi connectivity index (χ0n) is 10.3. The summed E-state index contributed by atoms with van der Waals surface area (Å²) >= 11 is 0. The number of benzene rings is 2. The highest BCUT2D eigenvalue weighted by Crippen LogP contribution is 2.22. The summed E-state index contributed by atoms with van der Waals surface area (Å²) < 4.78 is 0. The summed E-state index contributed by atoms with van der Waals surface area (Å²) in [4.78, 5) is 9.33. The number of nitrogens with one attached hydrogen (secondary N) is 1. The van der Waals surface area contributed by atoms with Crippen molar-refractivity contribution in [1.82, 2.24) is 0 Å². The Bertz CT molecular complexity index is 493. The molecule has 0 aliphatic heterocycles. The summed E-state index contributed by atoms with van der Waals surface area (Å²) in [6.45, 7) is 2.05. The van der Waals surface area contributed by atoms with Gasteiger partial charge in [-0.25, -0.2) is 0 Å². The standard InChI is InChI=1S/C14H15NO3/c1-11-3-5-12(6-4-11)13-7-9-14(10-8-13)18-15(16)17-2/h3-10,15H,1-2H3. The fourth-order valence-electron chi connectivity index (χ4n) is 1.60. The highest BCUT2D eigenvalue weighted by atomic mass is 17.1. The van der Waals surface area contributed by atoms with E-state index in [9.17, 15) is 5.21 Å². The Labute approximate surface area is 106 Å². The molecule has 4 heteroatoms. The molecule has 0 amide bonds. The van der Waals surface area contributed by atoms with Crippen LogP contribution in [0.3, 0.4) is 0 Å². The summed E-state index contributed by atoms with van der Waals surface area (Å²) in [5.74, 6) is 0.470. The number of quaternary nitrogens is 1. The van der Waals surface area contributed by atoms with Gasteiger partial charge in [0.1, 0.15) is 7.11 Å². The predicted octanol–water partition coefficient (Wildman–Crippen LogP) is 1.90. The van der Waals surface area contributed by atoms with Crippen molar-refractivity contribution in [2.45, 2.75) is 6.92 Å². The maximum Gasteiger partial charge on any atom is 0.195 e. The Hall–Kier alpha value is -1.88. The molecule has 0 spiro atoms. The molecule has 18 heavy (non-hydrogen) atoms. The van der Waals surface area contributed by atoms with Crippen LogP contribution in [-0.4, -0.2) is 7.11 Å². The van der Waals surface area contributed by atoms with E-state index in [0.29, 0.717) is 5.75 Å². The maximum absolute atomic E-state index is 10.9. The third kappa shape index (κ3) is 3.07. The fraction of sp³-hybridized carbons (Fsp3) is 0.143. The van der Waals surface area contributed by atoms with Gasteiger partial charge in [0.25, 0.3) is 0 Å². The molecule has 0 saturated heterocycles. The first-order chi connectivity index (χ1) is 8.69. The van der Waals surface area contributed by atoms with Gasteiger partial charge in [0.05, 0.1) is 0 Å². The minimum atomic E-state index is -0.710. The number of hydrogen-bond acceptors (Lipinski definition) is 3. The first kappa shape index (κ1) is 12.6. The van der Waals surface area contributed by atoms with Gasteiger partial charge < -0.3 is 5.21 Å². The lowest BCUT2D eigenvalue weighted by Crippen LogP contribution is -3.07. The molecular formula is C14H15NO3. The Balaban J connectivity index is 2.14. The van der Waals surface area contributed by atoms with Crippen molar-refractivity contribution >= 4 is 0 Å². The van der Waals surface area contributed by atoms with E-state index >= 15 is 0 Å². The highest BCUT2D eigenvalue weighted by Gasteiger charge is 2.02. The summed E-state index contributed by atoms with van der Waals surface area (Å²) in [5.41, 5.74) is 3.43. The molecule has 94 valence electrons. The Morgan fingerprint density at radius 1 is 0.889 bits per heavy atom. The van der Waals surface area contributed by atoms with Crippen LogP contribution in [-0.2, 0) is 4.84 Å². The van der Waals surface area contributed by atoms with Gasteiger partial charge >= 0.3 is 0 Å². The van der Waals surface area contributed by atoms with Crippen LogP contribution in [0.5, 0.6) is 5.75 Å². The topological polar surface area (TPSA) is 46.0 Å². The summed E-state index contributed by atoms with van der Waals surface area (Å²) in [5, 5.41) is 10.2. The zero-order valence-corrected chi connectivity index (χ0v) is 10.3. The van der Waals surface area contributed by atoms with Crippen LogP contribution in [0, 0.1) is 12.1 Å². The first-order valence-electron chi connectivity index (χ1n) is 5.62. The molecule has 2 aromatic rings. The van der Waals surface area contributed by atoms with Crippen LogP contribution >= 0.6 is 0 Å². The van der Waals surface area contributed by atoms with Gasteiger partial charge in [-0.3, -0.25) is 4.84 Å². The summed E-state index contributed by atoms with van der Waals surface area (Å²) in [7, 11) is 1.28. The third-order valence-corrected chi connectivity index (χ3v) is 2.61. The number of rotatable bonds is 4. The average Bonchev–Trinajstić information content (AvgIpc) is 2.40. The maximum atomic E-state index is 10.9. The molecule has 2 rings (SSSR count). The van der Waals surface area contributed by atoms with Gasteiger partial charge in [0, 0.05) is 0 Å². The quantitative estimate of drug-likeness (QED) is 0.837. The normalized spacial score (nSPS) is 12.2. The smallest absolute Gasteiger partial charge is 0.195 e. The predicted molar refractivity (Wildman–Crippen MR) is 68.6 cm³/mol. The molecule has 0 saturated carbocycles. The van der Waals surface area contributed by atoms with E-state index in [1.807, 2.05) is 12.1 Å². The molecule has 1 N–H and O–H groups in total. The SMILES string of the molecule is CO[NH+]([O-])Oc1ccc(-c2ccc(C)cc2)cc1. The Morgan fingerprint density at radius 2 is 1.39 bits per heavy atom. The van der Waals surface area contributed by atoms with E-state index < -0.39 is 5.39 Å². The van der Waals surface area contributed by atoms with E-state index in [4.69, 9.17) is 4.84 Å². The largest absolute Gasteiger partial charge is 0.556 e. The van der Waals surface area contributed by atoms with E-state index in [1.165, 1.54) is 12.7 Å². The second-order valence-corrected chi connectivity index (χ2v) is 3.95. The van der Waals surface area contributed by atoms with Crippen molar-refractivity contribution < 1.29 is 15.1 Å². The molecule has 0 aliphatic carbocycles. The van der Waals surface area contributed by atoms with Crippen molar-refractivity contribution in [3.63, 3.8) is 0 Å². The van der Waals surface area contributed by atoms with Gasteiger partial charge in [0.15, 0.2) is 5.75 Å². The van der Waals surface area contributed by atoms with Gasteiger partial charge in [-0.15, -0.1) is 0 Å². The van der Waals surface area contributed by atoms with Gasteiger partial charge in [-0.1, -0.05) is 42.0 Å². The van der Waals surface area contributed by atoms with E-state index in [2.05, 4.69) is 36.0 Å². The lowest BCUT2D eigenvalue weighted by atomic mass is 10.0. The lowest BCUT2D eigenvalue weighted by Gasteiger charge is -2.15. The van der Waals surface area contributed by atoms with Crippen LogP contribution in [0.1, 0.15) is 5.56 Å². The molecule has 1 atom stereocenters. The van der Waals surface area contributed by atoms with Crippen LogP contribution in [0.4, 0.5) is 0 Å². The highest BCUT2D eigenvalue weighted by molar-refractivity contribution is 5.64.